The fourth-order valence-corrected chi connectivity index (χ4v) is 2.35. The Morgan fingerprint density at radius 3 is 2.11 bits per heavy atom. The van der Waals surface area contributed by atoms with Crippen LogP contribution in [-0.4, -0.2) is 26.6 Å². The zero-order valence-electron chi connectivity index (χ0n) is 11.3. The maximum atomic E-state index is 11.1. The fourth-order valence-electron chi connectivity index (χ4n) is 2.35. The molecule has 1 fully saturated rings. The second kappa shape index (κ2) is 8.13. The van der Waals surface area contributed by atoms with E-state index in [1.54, 1.807) is 6.07 Å². The number of aldehydes is 1. The van der Waals surface area contributed by atoms with E-state index >= 15 is 0 Å². The lowest BCUT2D eigenvalue weighted by Crippen LogP contribution is -2.39. The predicted octanol–water partition coefficient (Wildman–Crippen LogP) is 2.58. The molecule has 1 saturated heterocycles. The lowest BCUT2D eigenvalue weighted by molar-refractivity contribution is 0.112. The quantitative estimate of drug-likeness (QED) is 0.605. The molecule has 0 aromatic heterocycles. The summed E-state index contributed by atoms with van der Waals surface area (Å²) in [5.74, 6) is 0. The van der Waals surface area contributed by atoms with Crippen molar-refractivity contribution in [1.82, 2.24) is 0 Å². The summed E-state index contributed by atoms with van der Waals surface area (Å²) in [4.78, 5) is 11.1. The van der Waals surface area contributed by atoms with Gasteiger partial charge in [-0.15, -0.1) is 0 Å². The van der Waals surface area contributed by atoms with E-state index in [1.165, 1.54) is 25.7 Å². The molecular formula is C15H21BO3. The van der Waals surface area contributed by atoms with Crippen LogP contribution in [0.3, 0.4) is 0 Å². The molecule has 3 nitrogen and oxygen atoms in total. The van der Waals surface area contributed by atoms with Crippen molar-refractivity contribution in [3.63, 3.8) is 0 Å². The molecule has 0 atom stereocenters. The lowest BCUT2D eigenvalue weighted by atomic mass is 9.76. The van der Waals surface area contributed by atoms with Crippen LogP contribution in [-0.2, 0) is 9.31 Å². The van der Waals surface area contributed by atoms with Gasteiger partial charge in [0.2, 0.25) is 0 Å². The molecule has 1 heterocycles. The first-order chi connectivity index (χ1) is 9.42. The van der Waals surface area contributed by atoms with Crippen LogP contribution in [0.5, 0.6) is 0 Å². The number of carbonyl (C=O) groups excluding carboxylic acids is 1. The molecule has 1 aromatic rings. The Morgan fingerprint density at radius 1 is 0.895 bits per heavy atom. The molecule has 0 unspecified atom stereocenters. The summed E-state index contributed by atoms with van der Waals surface area (Å²) in [7, 11) is -0.403. The first-order valence-corrected chi connectivity index (χ1v) is 7.19. The highest BCUT2D eigenvalue weighted by Gasteiger charge is 2.24. The van der Waals surface area contributed by atoms with E-state index in [2.05, 4.69) is 0 Å². The van der Waals surface area contributed by atoms with E-state index in [-0.39, 0.29) is 0 Å². The average molecular weight is 260 g/mol. The Kier molecular flexibility index (Phi) is 6.11. The standard InChI is InChI=1S/C15H21BO3/c17-13-14-9-5-6-10-15(14)16-18-11-7-3-1-2-4-8-12-19-16/h5-6,9-10,13H,1-4,7-8,11-12H2. The highest BCUT2D eigenvalue weighted by molar-refractivity contribution is 6.62. The SMILES string of the molecule is O=Cc1ccccc1B1OCCCCCCCCO1. The molecule has 0 bridgehead atoms. The van der Waals surface area contributed by atoms with Crippen molar-refractivity contribution >= 4 is 18.9 Å². The Bertz CT molecular complexity index is 383. The second-order valence-electron chi connectivity index (χ2n) is 4.94. The third kappa shape index (κ3) is 4.48. The smallest absolute Gasteiger partial charge is 0.407 e. The first kappa shape index (κ1) is 14.3. The summed E-state index contributed by atoms with van der Waals surface area (Å²) in [6.45, 7) is 1.38. The van der Waals surface area contributed by atoms with Gasteiger partial charge in [-0.05, 0) is 18.3 Å². The van der Waals surface area contributed by atoms with Crippen molar-refractivity contribution in [2.24, 2.45) is 0 Å². The summed E-state index contributed by atoms with van der Waals surface area (Å²) in [6.07, 6.45) is 7.96. The van der Waals surface area contributed by atoms with Gasteiger partial charge in [0.15, 0.2) is 0 Å². The van der Waals surface area contributed by atoms with Crippen molar-refractivity contribution in [3.05, 3.63) is 29.8 Å². The fraction of sp³-hybridized carbons (Fsp3) is 0.533. The van der Waals surface area contributed by atoms with Gasteiger partial charge in [-0.1, -0.05) is 49.9 Å². The number of hydrogen-bond donors (Lipinski definition) is 0. The van der Waals surface area contributed by atoms with Gasteiger partial charge in [-0.2, -0.15) is 0 Å². The molecular weight excluding hydrogens is 239 g/mol. The molecule has 0 N–H and O–H groups in total. The van der Waals surface area contributed by atoms with Gasteiger partial charge in [0.1, 0.15) is 6.29 Å². The molecule has 2 rings (SSSR count). The minimum Gasteiger partial charge on any atom is -0.407 e. The van der Waals surface area contributed by atoms with Gasteiger partial charge >= 0.3 is 7.12 Å². The van der Waals surface area contributed by atoms with Gasteiger partial charge < -0.3 is 9.31 Å². The molecule has 0 amide bonds. The maximum absolute atomic E-state index is 11.1. The summed E-state index contributed by atoms with van der Waals surface area (Å²) in [5, 5.41) is 0. The number of hydrogen-bond acceptors (Lipinski definition) is 3. The molecule has 1 aromatic carbocycles. The summed E-state index contributed by atoms with van der Waals surface area (Å²) >= 11 is 0. The number of benzene rings is 1. The van der Waals surface area contributed by atoms with Gasteiger partial charge in [0.25, 0.3) is 0 Å². The first-order valence-electron chi connectivity index (χ1n) is 7.19. The highest BCUT2D eigenvalue weighted by Crippen LogP contribution is 2.09. The van der Waals surface area contributed by atoms with E-state index in [0.29, 0.717) is 18.8 Å². The zero-order chi connectivity index (χ0) is 13.3. The normalized spacial score (nSPS) is 18.6. The van der Waals surface area contributed by atoms with Gasteiger partial charge in [-0.3, -0.25) is 4.79 Å². The van der Waals surface area contributed by atoms with Crippen LogP contribution in [0.15, 0.2) is 24.3 Å². The Balaban J connectivity index is 2.07. The van der Waals surface area contributed by atoms with E-state index in [0.717, 1.165) is 24.6 Å². The zero-order valence-corrected chi connectivity index (χ0v) is 11.3. The Morgan fingerprint density at radius 2 is 1.47 bits per heavy atom. The molecule has 0 aliphatic carbocycles. The van der Waals surface area contributed by atoms with Crippen molar-refractivity contribution in [2.45, 2.75) is 38.5 Å². The molecule has 4 heteroatoms. The van der Waals surface area contributed by atoms with Crippen molar-refractivity contribution in [2.75, 3.05) is 13.2 Å². The molecule has 1 aliphatic rings. The van der Waals surface area contributed by atoms with Crippen LogP contribution in [0, 0.1) is 0 Å². The largest absolute Gasteiger partial charge is 0.494 e. The van der Waals surface area contributed by atoms with Crippen molar-refractivity contribution in [3.8, 4) is 0 Å². The van der Waals surface area contributed by atoms with Gasteiger partial charge in [-0.25, -0.2) is 0 Å². The lowest BCUT2D eigenvalue weighted by Gasteiger charge is -2.15. The van der Waals surface area contributed by atoms with Crippen LogP contribution >= 0.6 is 0 Å². The average Bonchev–Trinajstić information content (AvgIpc) is 2.52. The van der Waals surface area contributed by atoms with Crippen molar-refractivity contribution in [1.29, 1.82) is 0 Å². The number of rotatable bonds is 2. The molecule has 0 saturated carbocycles. The third-order valence-electron chi connectivity index (χ3n) is 3.45. The predicted molar refractivity (Wildman–Crippen MR) is 76.8 cm³/mol. The topological polar surface area (TPSA) is 35.5 Å². The van der Waals surface area contributed by atoms with E-state index in [1.807, 2.05) is 18.2 Å². The Hall–Kier alpha value is -1.13. The Labute approximate surface area is 115 Å². The van der Waals surface area contributed by atoms with Crippen LogP contribution in [0.1, 0.15) is 48.9 Å². The van der Waals surface area contributed by atoms with Gasteiger partial charge in [0, 0.05) is 18.8 Å². The van der Waals surface area contributed by atoms with E-state index in [4.69, 9.17) is 9.31 Å². The van der Waals surface area contributed by atoms with Crippen LogP contribution in [0.25, 0.3) is 0 Å². The third-order valence-corrected chi connectivity index (χ3v) is 3.45. The van der Waals surface area contributed by atoms with Gasteiger partial charge in [0.05, 0.1) is 0 Å². The second-order valence-corrected chi connectivity index (χ2v) is 4.94. The maximum Gasteiger partial charge on any atom is 0.494 e. The molecule has 102 valence electrons. The van der Waals surface area contributed by atoms with E-state index in [9.17, 15) is 4.79 Å². The summed E-state index contributed by atoms with van der Waals surface area (Å²) < 4.78 is 11.6. The summed E-state index contributed by atoms with van der Waals surface area (Å²) in [5.41, 5.74) is 1.50. The monoisotopic (exact) mass is 260 g/mol. The minimum absolute atomic E-state index is 0.403. The van der Waals surface area contributed by atoms with Crippen LogP contribution in [0.2, 0.25) is 0 Å². The number of carbonyl (C=O) groups is 1. The molecule has 1 aliphatic heterocycles. The molecule has 0 spiro atoms. The van der Waals surface area contributed by atoms with Crippen LogP contribution < -0.4 is 5.46 Å². The van der Waals surface area contributed by atoms with E-state index < -0.39 is 7.12 Å². The van der Waals surface area contributed by atoms with Crippen LogP contribution in [0.4, 0.5) is 0 Å². The highest BCUT2D eigenvalue weighted by atomic mass is 16.6. The summed E-state index contributed by atoms with van der Waals surface area (Å²) in [6, 6.07) is 7.49. The van der Waals surface area contributed by atoms with Crippen molar-refractivity contribution < 1.29 is 14.1 Å². The molecule has 0 radical (unpaired) electrons. The molecule has 19 heavy (non-hydrogen) atoms. The minimum atomic E-state index is -0.403.